The number of thioether (sulfide) groups is 1. The van der Waals surface area contributed by atoms with Gasteiger partial charge in [0.15, 0.2) is 0 Å². The summed E-state index contributed by atoms with van der Waals surface area (Å²) in [5, 5.41) is 3.28. The van der Waals surface area contributed by atoms with Crippen LogP contribution in [0, 0.1) is 0 Å². The van der Waals surface area contributed by atoms with Gasteiger partial charge in [-0.05, 0) is 58.2 Å². The van der Waals surface area contributed by atoms with Crippen LogP contribution in [-0.2, 0) is 0 Å². The number of nitrogens with zero attached hydrogens (tertiary/aromatic N) is 1. The number of hydrogen-bond acceptors (Lipinski definition) is 2. The topological polar surface area (TPSA) is 30.9 Å². The molecule has 1 aromatic heterocycles. The molecule has 2 nitrogen and oxygen atoms in total. The Bertz CT molecular complexity index is 2000. The largest absolute Gasteiger partial charge is 0.320 e. The van der Waals surface area contributed by atoms with Gasteiger partial charge in [0, 0.05) is 31.4 Å². The zero-order valence-corrected chi connectivity index (χ0v) is 22.8. The Morgan fingerprint density at radius 1 is 0.625 bits per heavy atom. The van der Waals surface area contributed by atoms with E-state index >= 15 is 0 Å². The van der Waals surface area contributed by atoms with Gasteiger partial charge in [0.2, 0.25) is 0 Å². The molecule has 1 aliphatic heterocycles. The SMILES string of the molecule is C=c1/c(=C\C=C2/Sc3ccccc3-c3ccccc32)c2ccccc2n1-c1ccc(C(N)c2ccccc2)cc1. The average Bonchev–Trinajstić information content (AvgIpc) is 3.30. The number of para-hydroxylation sites is 1. The number of benzene rings is 5. The molecule has 0 aliphatic carbocycles. The molecule has 6 aromatic rings. The van der Waals surface area contributed by atoms with E-state index in [0.717, 1.165) is 32.9 Å². The first kappa shape index (κ1) is 24.5. The van der Waals surface area contributed by atoms with E-state index in [1.54, 1.807) is 0 Å². The van der Waals surface area contributed by atoms with Crippen LogP contribution in [0.5, 0.6) is 0 Å². The lowest BCUT2D eigenvalue weighted by atomic mass is 9.98. The van der Waals surface area contributed by atoms with Gasteiger partial charge in [0.1, 0.15) is 0 Å². The van der Waals surface area contributed by atoms with Crippen LogP contribution in [0.4, 0.5) is 0 Å². The van der Waals surface area contributed by atoms with Crippen molar-refractivity contribution in [3.05, 3.63) is 161 Å². The number of nitrogens with two attached hydrogens (primary N) is 1. The summed E-state index contributed by atoms with van der Waals surface area (Å²) in [4.78, 5) is 2.52. The van der Waals surface area contributed by atoms with Crippen molar-refractivity contribution >= 4 is 40.2 Å². The van der Waals surface area contributed by atoms with Crippen LogP contribution in [0.2, 0.25) is 0 Å². The van der Waals surface area contributed by atoms with Gasteiger partial charge in [0.05, 0.1) is 11.6 Å². The molecule has 7 rings (SSSR count). The summed E-state index contributed by atoms with van der Waals surface area (Å²) in [6.45, 7) is 4.55. The summed E-state index contributed by atoms with van der Waals surface area (Å²) in [5.41, 5.74) is 14.8. The molecule has 0 amide bonds. The highest BCUT2D eigenvalue weighted by atomic mass is 32.2. The lowest BCUT2D eigenvalue weighted by molar-refractivity contribution is 0.870. The van der Waals surface area contributed by atoms with Crippen molar-refractivity contribution in [2.45, 2.75) is 10.9 Å². The predicted molar refractivity (Wildman–Crippen MR) is 171 cm³/mol. The normalized spacial score (nSPS) is 14.7. The van der Waals surface area contributed by atoms with E-state index in [4.69, 9.17) is 5.73 Å². The van der Waals surface area contributed by atoms with Gasteiger partial charge < -0.3 is 10.3 Å². The molecule has 0 saturated heterocycles. The molecule has 1 aliphatic rings. The Kier molecular flexibility index (Phi) is 6.24. The van der Waals surface area contributed by atoms with E-state index in [2.05, 4.69) is 132 Å². The van der Waals surface area contributed by atoms with Crippen LogP contribution in [0.15, 0.2) is 138 Å². The molecular weight excluding hydrogens is 504 g/mol. The van der Waals surface area contributed by atoms with Crippen LogP contribution >= 0.6 is 11.8 Å². The Morgan fingerprint density at radius 3 is 2.05 bits per heavy atom. The van der Waals surface area contributed by atoms with Crippen LogP contribution in [0.3, 0.4) is 0 Å². The van der Waals surface area contributed by atoms with Crippen molar-refractivity contribution in [1.29, 1.82) is 0 Å². The van der Waals surface area contributed by atoms with Gasteiger partial charge >= 0.3 is 0 Å². The molecule has 0 bridgehead atoms. The molecule has 5 aromatic carbocycles. The summed E-state index contributed by atoms with van der Waals surface area (Å²) in [7, 11) is 0. The zero-order valence-electron chi connectivity index (χ0n) is 22.0. The van der Waals surface area contributed by atoms with Crippen LogP contribution in [0.1, 0.15) is 22.7 Å². The second-order valence-corrected chi connectivity index (χ2v) is 11.1. The summed E-state index contributed by atoms with van der Waals surface area (Å²) in [5.74, 6) is 0. The van der Waals surface area contributed by atoms with Crippen LogP contribution in [-0.4, -0.2) is 4.57 Å². The van der Waals surface area contributed by atoms with Gasteiger partial charge in [-0.2, -0.15) is 0 Å². The first-order chi connectivity index (χ1) is 19.7. The monoisotopic (exact) mass is 532 g/mol. The Labute approximate surface area is 238 Å². The third-order valence-corrected chi connectivity index (χ3v) is 8.83. The standard InChI is InChI=1S/C37H28N2S/c1-25-29(23-24-36-33-15-6-5-13-30(33)32-16-8-10-18-35(32)40-36)31-14-7-9-17-34(31)39(25)28-21-19-27(20-22-28)37(38)26-11-3-2-4-12-26/h2-24,37H,1,38H2/b29-23+,36-24-. The van der Waals surface area contributed by atoms with Gasteiger partial charge in [0.25, 0.3) is 0 Å². The Balaban J connectivity index is 1.32. The molecule has 2 heterocycles. The number of fused-ring (bicyclic) bond motifs is 4. The van der Waals surface area contributed by atoms with Gasteiger partial charge in [-0.15, -0.1) is 0 Å². The maximum atomic E-state index is 6.57. The minimum absolute atomic E-state index is 0.160. The molecule has 192 valence electrons. The predicted octanol–water partition coefficient (Wildman–Crippen LogP) is 7.68. The lowest BCUT2D eigenvalue weighted by Gasteiger charge is -2.21. The van der Waals surface area contributed by atoms with Crippen LogP contribution < -0.4 is 16.3 Å². The van der Waals surface area contributed by atoms with Gasteiger partial charge in [-0.1, -0.05) is 128 Å². The van der Waals surface area contributed by atoms with Crippen molar-refractivity contribution < 1.29 is 0 Å². The molecular formula is C37H28N2S. The summed E-state index contributed by atoms with van der Waals surface area (Å²) in [6, 6.07) is 44.4. The molecule has 3 heteroatoms. The fourth-order valence-electron chi connectivity index (χ4n) is 5.65. The highest BCUT2D eigenvalue weighted by molar-refractivity contribution is 8.08. The average molecular weight is 533 g/mol. The second-order valence-electron chi connectivity index (χ2n) is 10.0. The molecule has 0 spiro atoms. The summed E-state index contributed by atoms with van der Waals surface area (Å²) in [6.07, 6.45) is 4.48. The third kappa shape index (κ3) is 4.21. The van der Waals surface area contributed by atoms with E-state index in [-0.39, 0.29) is 6.04 Å². The van der Waals surface area contributed by atoms with E-state index in [9.17, 15) is 0 Å². The minimum Gasteiger partial charge on any atom is -0.320 e. The van der Waals surface area contributed by atoms with E-state index in [1.165, 1.54) is 31.9 Å². The molecule has 0 fully saturated rings. The van der Waals surface area contributed by atoms with Crippen molar-refractivity contribution in [3.63, 3.8) is 0 Å². The zero-order chi connectivity index (χ0) is 27.1. The lowest BCUT2D eigenvalue weighted by Crippen LogP contribution is -2.26. The second kappa shape index (κ2) is 10.2. The number of allylic oxidation sites excluding steroid dienone is 1. The molecule has 40 heavy (non-hydrogen) atoms. The summed E-state index contributed by atoms with van der Waals surface area (Å²) >= 11 is 1.83. The maximum absolute atomic E-state index is 6.57. The fourth-order valence-corrected chi connectivity index (χ4v) is 6.74. The molecule has 0 radical (unpaired) electrons. The van der Waals surface area contributed by atoms with Crippen LogP contribution in [0.25, 0.3) is 45.3 Å². The number of hydrogen-bond donors (Lipinski definition) is 1. The highest BCUT2D eigenvalue weighted by Crippen LogP contribution is 2.48. The van der Waals surface area contributed by atoms with Crippen molar-refractivity contribution in [2.75, 3.05) is 0 Å². The first-order valence-corrected chi connectivity index (χ1v) is 14.3. The Hall–Kier alpha value is -4.57. The van der Waals surface area contributed by atoms with Gasteiger partial charge in [-0.3, -0.25) is 0 Å². The quantitative estimate of drug-likeness (QED) is 0.252. The maximum Gasteiger partial charge on any atom is 0.0551 e. The first-order valence-electron chi connectivity index (χ1n) is 13.5. The molecule has 1 atom stereocenters. The smallest absolute Gasteiger partial charge is 0.0551 e. The van der Waals surface area contributed by atoms with Crippen molar-refractivity contribution in [2.24, 2.45) is 5.73 Å². The van der Waals surface area contributed by atoms with E-state index in [1.807, 2.05) is 30.0 Å². The number of aromatic nitrogens is 1. The molecule has 2 N–H and O–H groups in total. The highest BCUT2D eigenvalue weighted by Gasteiger charge is 2.19. The number of rotatable bonds is 4. The third-order valence-electron chi connectivity index (χ3n) is 7.68. The van der Waals surface area contributed by atoms with Crippen molar-refractivity contribution in [3.8, 4) is 16.8 Å². The fraction of sp³-hybridized carbons (Fsp3) is 0.0270. The molecule has 1 unspecified atom stereocenters. The Morgan fingerprint density at radius 2 is 1.25 bits per heavy atom. The molecule has 0 saturated carbocycles. The van der Waals surface area contributed by atoms with E-state index in [0.29, 0.717) is 0 Å². The van der Waals surface area contributed by atoms with E-state index < -0.39 is 0 Å². The minimum atomic E-state index is -0.160. The summed E-state index contributed by atoms with van der Waals surface area (Å²) < 4.78 is 2.24. The van der Waals surface area contributed by atoms with Crippen molar-refractivity contribution in [1.82, 2.24) is 4.57 Å². The van der Waals surface area contributed by atoms with Gasteiger partial charge in [-0.25, -0.2) is 0 Å².